The van der Waals surface area contributed by atoms with Gasteiger partial charge in [-0.2, -0.15) is 13.2 Å². The average Bonchev–Trinajstić information content (AvgIpc) is 3.41. The molecule has 0 saturated carbocycles. The summed E-state index contributed by atoms with van der Waals surface area (Å²) in [6.07, 6.45) is 1.08. The monoisotopic (exact) mass is 674 g/mol. The van der Waals surface area contributed by atoms with Gasteiger partial charge < -0.3 is 15.5 Å². The van der Waals surface area contributed by atoms with Crippen LogP contribution in [0.1, 0.15) is 68.1 Å². The Morgan fingerprint density at radius 1 is 0.755 bits per heavy atom. The molecule has 0 bridgehead atoms. The molecule has 260 valence electrons. The van der Waals surface area contributed by atoms with E-state index in [1.807, 2.05) is 71.6 Å². The van der Waals surface area contributed by atoms with Crippen LogP contribution in [0.25, 0.3) is 11.1 Å². The number of hydrogen-bond donors (Lipinski definition) is 2. The van der Waals surface area contributed by atoms with Crippen molar-refractivity contribution in [2.45, 2.75) is 75.5 Å². The number of nitrogens with one attached hydrogen (secondary N) is 2. The van der Waals surface area contributed by atoms with E-state index in [9.17, 15) is 27.6 Å². The van der Waals surface area contributed by atoms with Crippen molar-refractivity contribution in [3.63, 3.8) is 0 Å². The molecule has 3 aromatic carbocycles. The Morgan fingerprint density at radius 2 is 1.39 bits per heavy atom. The molecule has 2 saturated heterocycles. The Balaban J connectivity index is 1.01. The number of nitrogens with zero attached hydrogens (tertiary/aromatic N) is 2. The van der Waals surface area contributed by atoms with Crippen LogP contribution in [-0.2, 0) is 26.3 Å². The highest BCUT2D eigenvalue weighted by atomic mass is 19.4. The summed E-state index contributed by atoms with van der Waals surface area (Å²) in [6, 6.07) is 24.9. The molecule has 2 heterocycles. The predicted octanol–water partition coefficient (Wildman–Crippen LogP) is 6.21. The lowest BCUT2D eigenvalue weighted by Crippen LogP contribution is -2.53. The second kappa shape index (κ2) is 15.2. The van der Waals surface area contributed by atoms with E-state index in [1.54, 1.807) is 0 Å². The van der Waals surface area contributed by atoms with E-state index in [1.165, 1.54) is 5.56 Å². The van der Waals surface area contributed by atoms with Crippen LogP contribution in [0, 0.1) is 5.92 Å². The van der Waals surface area contributed by atoms with E-state index in [-0.39, 0.29) is 23.8 Å². The number of fused-ring (bicyclic) bond motifs is 3. The van der Waals surface area contributed by atoms with Crippen molar-refractivity contribution in [3.05, 3.63) is 95.6 Å². The van der Waals surface area contributed by atoms with Crippen molar-refractivity contribution in [1.82, 2.24) is 20.4 Å². The summed E-state index contributed by atoms with van der Waals surface area (Å²) >= 11 is 0. The summed E-state index contributed by atoms with van der Waals surface area (Å²) in [7, 11) is 0. The molecular weight excluding hydrogens is 629 g/mol. The summed E-state index contributed by atoms with van der Waals surface area (Å²) in [6.45, 7) is 1.78. The normalized spacial score (nSPS) is 19.2. The standard InChI is InChI=1S/C39H45F3N4O3/c40-39(41,42)27-44-37(49)38(32-16-6-4-14-30(32)31-15-5-7-17-33(31)38)21-9-10-22-43-35(47)29-19-24-45(25-20-29)36(48)34-18-8-11-23-46(34)26-28-12-2-1-3-13-28/h1-7,12-17,29,34H,8-11,18-27H2,(H,43,47)(H,44,49). The Kier molecular flexibility index (Phi) is 10.7. The fraction of sp³-hybridized carbons (Fsp3) is 0.462. The first kappa shape index (κ1) is 34.7. The van der Waals surface area contributed by atoms with Crippen LogP contribution in [-0.4, -0.2) is 72.5 Å². The third-order valence-corrected chi connectivity index (χ3v) is 10.5. The fourth-order valence-corrected chi connectivity index (χ4v) is 8.01. The first-order valence-corrected chi connectivity index (χ1v) is 17.6. The van der Waals surface area contributed by atoms with Gasteiger partial charge in [0.05, 0.1) is 6.04 Å². The number of alkyl halides is 3. The van der Waals surface area contributed by atoms with Gasteiger partial charge in [0.15, 0.2) is 0 Å². The number of unbranched alkanes of at least 4 members (excludes halogenated alkanes) is 1. The van der Waals surface area contributed by atoms with Gasteiger partial charge in [-0.05, 0) is 79.3 Å². The summed E-state index contributed by atoms with van der Waals surface area (Å²) in [5.74, 6) is -0.713. The largest absolute Gasteiger partial charge is 0.405 e. The lowest BCUT2D eigenvalue weighted by Gasteiger charge is -2.40. The van der Waals surface area contributed by atoms with Crippen molar-refractivity contribution in [3.8, 4) is 11.1 Å². The minimum absolute atomic E-state index is 0.0374. The Bertz CT molecular complexity index is 1580. The molecule has 6 rings (SSSR count). The molecule has 3 aromatic rings. The highest BCUT2D eigenvalue weighted by molar-refractivity contribution is 6.00. The molecule has 2 fully saturated rings. The molecule has 3 amide bonds. The molecule has 0 aromatic heterocycles. The molecule has 1 atom stereocenters. The van der Waals surface area contributed by atoms with Crippen molar-refractivity contribution in [2.75, 3.05) is 32.7 Å². The third-order valence-electron chi connectivity index (χ3n) is 10.5. The van der Waals surface area contributed by atoms with E-state index in [0.29, 0.717) is 62.9 Å². The first-order chi connectivity index (χ1) is 23.7. The number of hydrogen-bond acceptors (Lipinski definition) is 4. The number of halogens is 3. The van der Waals surface area contributed by atoms with Gasteiger partial charge in [0.2, 0.25) is 17.7 Å². The number of piperidine rings is 2. The smallest absolute Gasteiger partial charge is 0.356 e. The molecule has 1 aliphatic carbocycles. The Labute approximate surface area is 286 Å². The first-order valence-electron chi connectivity index (χ1n) is 17.6. The maximum absolute atomic E-state index is 13.7. The maximum atomic E-state index is 13.7. The molecular formula is C39H45F3N4O3. The fourth-order valence-electron chi connectivity index (χ4n) is 8.01. The zero-order chi connectivity index (χ0) is 34.4. The lowest BCUT2D eigenvalue weighted by molar-refractivity contribution is -0.141. The molecule has 0 radical (unpaired) electrons. The number of carbonyl (C=O) groups is 3. The predicted molar refractivity (Wildman–Crippen MR) is 182 cm³/mol. The highest BCUT2D eigenvalue weighted by Crippen LogP contribution is 2.51. The second-order valence-corrected chi connectivity index (χ2v) is 13.6. The molecule has 49 heavy (non-hydrogen) atoms. The Morgan fingerprint density at radius 3 is 2.04 bits per heavy atom. The summed E-state index contributed by atoms with van der Waals surface area (Å²) in [5.41, 5.74) is 3.07. The SMILES string of the molecule is O=C(NCCCCC1(C(=O)NCC(F)(F)F)c2ccccc2-c2ccccc21)C1CCN(C(=O)C2CCCCN2Cc2ccccc2)CC1. The van der Waals surface area contributed by atoms with Crippen LogP contribution in [0.4, 0.5) is 13.2 Å². The minimum atomic E-state index is -4.53. The zero-order valence-corrected chi connectivity index (χ0v) is 27.8. The van der Waals surface area contributed by atoms with Gasteiger partial charge in [-0.1, -0.05) is 85.3 Å². The van der Waals surface area contributed by atoms with Crippen LogP contribution in [0.3, 0.4) is 0 Å². The molecule has 2 aliphatic heterocycles. The van der Waals surface area contributed by atoms with E-state index < -0.39 is 24.0 Å². The number of carbonyl (C=O) groups excluding carboxylic acids is 3. The van der Waals surface area contributed by atoms with Crippen LogP contribution >= 0.6 is 0 Å². The van der Waals surface area contributed by atoms with Crippen LogP contribution in [0.5, 0.6) is 0 Å². The number of rotatable bonds is 11. The Hall–Kier alpha value is -4.18. The number of benzene rings is 3. The topological polar surface area (TPSA) is 81.8 Å². The van der Waals surface area contributed by atoms with Gasteiger partial charge in [-0.25, -0.2) is 0 Å². The van der Waals surface area contributed by atoms with Gasteiger partial charge >= 0.3 is 6.18 Å². The van der Waals surface area contributed by atoms with Crippen LogP contribution in [0.15, 0.2) is 78.9 Å². The maximum Gasteiger partial charge on any atom is 0.405 e. The molecule has 3 aliphatic rings. The molecule has 0 spiro atoms. The van der Waals surface area contributed by atoms with Gasteiger partial charge in [-0.3, -0.25) is 19.3 Å². The average molecular weight is 675 g/mol. The van der Waals surface area contributed by atoms with E-state index in [4.69, 9.17) is 0 Å². The minimum Gasteiger partial charge on any atom is -0.356 e. The number of likely N-dealkylation sites (tertiary alicyclic amines) is 2. The van der Waals surface area contributed by atoms with Crippen molar-refractivity contribution >= 4 is 17.7 Å². The summed E-state index contributed by atoms with van der Waals surface area (Å²) in [4.78, 5) is 44.6. The second-order valence-electron chi connectivity index (χ2n) is 13.6. The van der Waals surface area contributed by atoms with Crippen molar-refractivity contribution in [1.29, 1.82) is 0 Å². The summed E-state index contributed by atoms with van der Waals surface area (Å²) < 4.78 is 39.5. The third kappa shape index (κ3) is 7.69. The van der Waals surface area contributed by atoms with Crippen LogP contribution in [0.2, 0.25) is 0 Å². The van der Waals surface area contributed by atoms with Gasteiger partial charge in [-0.15, -0.1) is 0 Å². The molecule has 1 unspecified atom stereocenters. The van der Waals surface area contributed by atoms with E-state index in [2.05, 4.69) is 27.7 Å². The number of amides is 3. The van der Waals surface area contributed by atoms with Gasteiger partial charge in [0.1, 0.15) is 12.0 Å². The molecule has 7 nitrogen and oxygen atoms in total. The van der Waals surface area contributed by atoms with Crippen molar-refractivity contribution in [2.24, 2.45) is 5.92 Å². The van der Waals surface area contributed by atoms with Gasteiger partial charge in [0.25, 0.3) is 0 Å². The van der Waals surface area contributed by atoms with Gasteiger partial charge in [0, 0.05) is 32.1 Å². The van der Waals surface area contributed by atoms with E-state index >= 15 is 0 Å². The zero-order valence-electron chi connectivity index (χ0n) is 27.8. The lowest BCUT2D eigenvalue weighted by atomic mass is 9.73. The van der Waals surface area contributed by atoms with Crippen molar-refractivity contribution < 1.29 is 27.6 Å². The molecule has 10 heteroatoms. The van der Waals surface area contributed by atoms with E-state index in [0.717, 1.165) is 43.5 Å². The highest BCUT2D eigenvalue weighted by Gasteiger charge is 2.49. The molecule has 2 N–H and O–H groups in total. The van der Waals surface area contributed by atoms with Crippen LogP contribution < -0.4 is 10.6 Å². The summed E-state index contributed by atoms with van der Waals surface area (Å²) in [5, 5.41) is 5.22. The quantitative estimate of drug-likeness (QED) is 0.237.